The van der Waals surface area contributed by atoms with Crippen molar-refractivity contribution in [2.45, 2.75) is 103 Å². The molecule has 0 aliphatic carbocycles. The second-order valence-electron chi connectivity index (χ2n) is 10.3. The summed E-state index contributed by atoms with van der Waals surface area (Å²) in [5.74, 6) is -4.62. The molecule has 0 aliphatic rings. The number of hydrogen-bond acceptors (Lipinski definition) is 9. The summed E-state index contributed by atoms with van der Waals surface area (Å²) in [5.41, 5.74) is 0. The van der Waals surface area contributed by atoms with E-state index in [4.69, 9.17) is 5.11 Å². The minimum Gasteiger partial charge on any atom is -0.480 e. The Hall–Kier alpha value is -4.08. The first-order valence-electron chi connectivity index (χ1n) is 14.8. The Kier molecular flexibility index (Phi) is 21.2. The zero-order chi connectivity index (χ0) is 33.5. The number of likely N-dealkylation sites (N-methyl/N-ethyl adjacent to an activating group) is 1. The average Bonchev–Trinajstić information content (AvgIpc) is 2.94. The van der Waals surface area contributed by atoms with E-state index in [2.05, 4.69) is 31.9 Å². The molecule has 5 amide bonds. The lowest BCUT2D eigenvalue weighted by Gasteiger charge is -2.15. The van der Waals surface area contributed by atoms with Gasteiger partial charge in [0.2, 0.25) is 29.5 Å². The molecule has 0 bridgehead atoms. The van der Waals surface area contributed by atoms with Crippen LogP contribution >= 0.6 is 0 Å². The van der Waals surface area contributed by atoms with Crippen molar-refractivity contribution in [3.8, 4) is 0 Å². The van der Waals surface area contributed by atoms with Crippen LogP contribution in [0.15, 0.2) is 0 Å². The zero-order valence-electron chi connectivity index (χ0n) is 25.8. The Morgan fingerprint density at radius 3 is 1.39 bits per heavy atom. The van der Waals surface area contributed by atoms with Crippen LogP contribution in [0.25, 0.3) is 0 Å². The number of rotatable bonds is 25. The maximum Gasteiger partial charge on any atom is 0.326 e. The molecule has 0 aromatic heterocycles. The SMILES string of the molecule is CN[C@@H](CCCCNC(=O)CCCNC(=O)CC[C@H](NC(=O)CCCNC(=O)CC[C@H](NC(C)=O)C(=O)O)C(=O)O)C(C)=O. The standard InChI is InChI=1S/C28H48N6O10/c1-18(35)20(29-3)8-4-5-15-30-23(37)9-6-16-31-25(39)14-12-22(28(43)44)34-26(40)10-7-17-32-24(38)13-11-21(27(41)42)33-19(2)36/h20-22,29H,4-17H2,1-3H3,(H,30,37)(H,31,39)(H,32,38)(H,33,36)(H,34,40)(H,41,42)(H,43,44)/t20-,21-,22-/m0/s1. The van der Waals surface area contributed by atoms with E-state index in [0.29, 0.717) is 19.4 Å². The minimum atomic E-state index is -1.30. The molecular formula is C28H48N6O10. The second-order valence-corrected chi connectivity index (χ2v) is 10.3. The quantitative estimate of drug-likeness (QED) is 0.0567. The molecule has 16 nitrogen and oxygen atoms in total. The largest absolute Gasteiger partial charge is 0.480 e. The smallest absolute Gasteiger partial charge is 0.326 e. The van der Waals surface area contributed by atoms with E-state index in [9.17, 15) is 43.5 Å². The molecule has 0 spiro atoms. The molecule has 0 radical (unpaired) electrons. The van der Waals surface area contributed by atoms with Gasteiger partial charge in [0.15, 0.2) is 0 Å². The van der Waals surface area contributed by atoms with Crippen molar-refractivity contribution in [1.82, 2.24) is 31.9 Å². The summed E-state index contributed by atoms with van der Waals surface area (Å²) >= 11 is 0. The molecule has 0 aliphatic heterocycles. The second kappa shape index (κ2) is 23.4. The molecule has 3 atom stereocenters. The van der Waals surface area contributed by atoms with Crippen molar-refractivity contribution in [2.24, 2.45) is 0 Å². The summed E-state index contributed by atoms with van der Waals surface area (Å²) in [7, 11) is 1.73. The van der Waals surface area contributed by atoms with Gasteiger partial charge < -0.3 is 42.1 Å². The van der Waals surface area contributed by atoms with Crippen molar-refractivity contribution in [2.75, 3.05) is 26.7 Å². The van der Waals surface area contributed by atoms with E-state index in [1.54, 1.807) is 7.05 Å². The maximum absolute atomic E-state index is 12.1. The van der Waals surface area contributed by atoms with Crippen LogP contribution in [0.2, 0.25) is 0 Å². The highest BCUT2D eigenvalue weighted by atomic mass is 16.4. The van der Waals surface area contributed by atoms with Gasteiger partial charge in [-0.2, -0.15) is 0 Å². The molecule has 0 saturated carbocycles. The normalized spacial score (nSPS) is 12.6. The minimum absolute atomic E-state index is 0.0759. The molecule has 0 aromatic rings. The van der Waals surface area contributed by atoms with Crippen molar-refractivity contribution in [3.63, 3.8) is 0 Å². The third-order valence-electron chi connectivity index (χ3n) is 6.52. The number of nitrogens with one attached hydrogen (secondary N) is 6. The Bertz CT molecular complexity index is 990. The van der Waals surface area contributed by atoms with E-state index in [0.717, 1.165) is 12.8 Å². The molecule has 250 valence electrons. The van der Waals surface area contributed by atoms with E-state index < -0.39 is 47.7 Å². The van der Waals surface area contributed by atoms with Gasteiger partial charge in [0, 0.05) is 52.2 Å². The molecule has 0 saturated heterocycles. The first-order valence-corrected chi connectivity index (χ1v) is 14.8. The van der Waals surface area contributed by atoms with Crippen molar-refractivity contribution in [1.29, 1.82) is 0 Å². The fraction of sp³-hybridized carbons (Fsp3) is 0.714. The number of ketones is 1. The number of unbranched alkanes of at least 4 members (excludes halogenated alkanes) is 1. The molecule has 0 unspecified atom stereocenters. The van der Waals surface area contributed by atoms with Gasteiger partial charge >= 0.3 is 11.9 Å². The first kappa shape index (κ1) is 39.9. The van der Waals surface area contributed by atoms with Gasteiger partial charge in [-0.15, -0.1) is 0 Å². The van der Waals surface area contributed by atoms with Crippen LogP contribution in [0.5, 0.6) is 0 Å². The number of carboxylic acid groups (broad SMARTS) is 2. The predicted octanol–water partition coefficient (Wildman–Crippen LogP) is -1.04. The van der Waals surface area contributed by atoms with Crippen molar-refractivity contribution in [3.05, 3.63) is 0 Å². The lowest BCUT2D eigenvalue weighted by atomic mass is 10.1. The highest BCUT2D eigenvalue weighted by molar-refractivity contribution is 5.85. The summed E-state index contributed by atoms with van der Waals surface area (Å²) < 4.78 is 0. The van der Waals surface area contributed by atoms with E-state index in [1.807, 2.05) is 0 Å². The first-order chi connectivity index (χ1) is 20.8. The van der Waals surface area contributed by atoms with Gasteiger partial charge in [-0.3, -0.25) is 28.8 Å². The monoisotopic (exact) mass is 628 g/mol. The molecule has 44 heavy (non-hydrogen) atoms. The van der Waals surface area contributed by atoms with Crippen LogP contribution in [0.3, 0.4) is 0 Å². The Morgan fingerprint density at radius 1 is 0.523 bits per heavy atom. The van der Waals surface area contributed by atoms with E-state index in [-0.39, 0.29) is 75.8 Å². The predicted molar refractivity (Wildman–Crippen MR) is 158 cm³/mol. The topological polar surface area (TPSA) is 249 Å². The number of aliphatic carboxylic acids is 2. The van der Waals surface area contributed by atoms with Gasteiger partial charge in [0.25, 0.3) is 0 Å². The molecule has 0 aromatic carbocycles. The van der Waals surface area contributed by atoms with Crippen LogP contribution in [0.1, 0.15) is 84.5 Å². The number of amides is 5. The number of carboxylic acids is 2. The zero-order valence-corrected chi connectivity index (χ0v) is 25.8. The van der Waals surface area contributed by atoms with Crippen LogP contribution in [-0.4, -0.2) is 102 Å². The Balaban J connectivity index is 4.12. The number of carbonyl (C=O) groups is 8. The fourth-order valence-corrected chi connectivity index (χ4v) is 4.05. The Morgan fingerprint density at radius 2 is 0.955 bits per heavy atom. The van der Waals surface area contributed by atoms with E-state index in [1.165, 1.54) is 13.8 Å². The summed E-state index contributed by atoms with van der Waals surface area (Å²) in [5, 5.41) is 33.9. The van der Waals surface area contributed by atoms with Gasteiger partial charge in [0.05, 0.1) is 6.04 Å². The lowest BCUT2D eigenvalue weighted by molar-refractivity contribution is -0.142. The molecule has 8 N–H and O–H groups in total. The van der Waals surface area contributed by atoms with E-state index >= 15 is 0 Å². The fourth-order valence-electron chi connectivity index (χ4n) is 4.05. The van der Waals surface area contributed by atoms with Crippen LogP contribution in [0.4, 0.5) is 0 Å². The van der Waals surface area contributed by atoms with Gasteiger partial charge in [-0.05, 0) is 58.9 Å². The highest BCUT2D eigenvalue weighted by Gasteiger charge is 2.22. The van der Waals surface area contributed by atoms with Gasteiger partial charge in [-0.1, -0.05) is 0 Å². The Labute approximate surface area is 257 Å². The van der Waals surface area contributed by atoms with Crippen LogP contribution < -0.4 is 31.9 Å². The third-order valence-corrected chi connectivity index (χ3v) is 6.52. The molecule has 16 heteroatoms. The van der Waals surface area contributed by atoms with Crippen molar-refractivity contribution >= 4 is 47.3 Å². The summed E-state index contributed by atoms with van der Waals surface area (Å²) in [6.07, 6.45) is 2.40. The summed E-state index contributed by atoms with van der Waals surface area (Å²) in [4.78, 5) is 93.1. The van der Waals surface area contributed by atoms with Crippen molar-refractivity contribution < 1.29 is 48.6 Å². The molecule has 0 rings (SSSR count). The summed E-state index contributed by atoms with van der Waals surface area (Å²) in [6, 6.07) is -2.65. The number of hydrogen-bond donors (Lipinski definition) is 8. The molecular weight excluding hydrogens is 580 g/mol. The third kappa shape index (κ3) is 20.7. The van der Waals surface area contributed by atoms with Crippen LogP contribution in [-0.2, 0) is 38.4 Å². The summed E-state index contributed by atoms with van der Waals surface area (Å²) in [6.45, 7) is 3.52. The molecule has 0 heterocycles. The highest BCUT2D eigenvalue weighted by Crippen LogP contribution is 2.03. The van der Waals surface area contributed by atoms with Gasteiger partial charge in [-0.25, -0.2) is 9.59 Å². The lowest BCUT2D eigenvalue weighted by Crippen LogP contribution is -2.42. The van der Waals surface area contributed by atoms with Gasteiger partial charge in [0.1, 0.15) is 17.9 Å². The molecule has 0 fully saturated rings. The maximum atomic E-state index is 12.1. The number of carbonyl (C=O) groups excluding carboxylic acids is 6. The average molecular weight is 629 g/mol. The number of Topliss-reactive ketones (excluding diaryl/α,β-unsaturated/α-hetero) is 1. The van der Waals surface area contributed by atoms with Crippen LogP contribution in [0, 0.1) is 0 Å².